The highest BCUT2D eigenvalue weighted by atomic mass is 79.9. The zero-order valence-corrected chi connectivity index (χ0v) is 7.64. The average Bonchev–Trinajstić information content (AvgIpc) is 2.31. The Morgan fingerprint density at radius 3 is 3.08 bits per heavy atom. The third kappa shape index (κ3) is 1.11. The van der Waals surface area contributed by atoms with Gasteiger partial charge in [0.05, 0.1) is 5.56 Å². The van der Waals surface area contributed by atoms with E-state index < -0.39 is 11.9 Å². The molecular weight excluding hydrogens is 227 g/mol. The number of fused-ring (bicyclic) bond motifs is 1. The fourth-order valence-electron chi connectivity index (χ4n) is 1.26. The molecule has 1 aromatic rings. The molecule has 1 unspecified atom stereocenters. The summed E-state index contributed by atoms with van der Waals surface area (Å²) in [5.74, 6) is -0.00116. The molecule has 1 aliphatic heterocycles. The van der Waals surface area contributed by atoms with E-state index >= 15 is 0 Å². The van der Waals surface area contributed by atoms with Crippen molar-refractivity contribution in [2.45, 2.75) is 6.10 Å². The first kappa shape index (κ1) is 8.01. The maximum atomic E-state index is 13.1. The van der Waals surface area contributed by atoms with Crippen molar-refractivity contribution in [1.82, 2.24) is 0 Å². The quantitative estimate of drug-likeness (QED) is 0.742. The van der Waals surface area contributed by atoms with Crippen molar-refractivity contribution in [3.05, 3.63) is 28.0 Å². The third-order valence-corrected chi connectivity index (χ3v) is 2.24. The van der Waals surface area contributed by atoms with Crippen LogP contribution in [0.1, 0.15) is 11.7 Å². The van der Waals surface area contributed by atoms with E-state index in [0.717, 1.165) is 0 Å². The first-order chi connectivity index (χ1) is 5.68. The van der Waals surface area contributed by atoms with Crippen LogP contribution in [0.4, 0.5) is 4.39 Å². The normalized spacial score (nSPS) is 20.4. The molecule has 0 amide bonds. The standard InChI is InChI=1S/C8H6BrFO2/c9-4-1-5(10)8-6(11)3-12-7(8)2-4/h1-2,6,11H,3H2. The monoisotopic (exact) mass is 232 g/mol. The Morgan fingerprint density at radius 1 is 1.58 bits per heavy atom. The van der Waals surface area contributed by atoms with Crippen molar-refractivity contribution in [1.29, 1.82) is 0 Å². The summed E-state index contributed by atoms with van der Waals surface area (Å²) in [5.41, 5.74) is 0.262. The van der Waals surface area contributed by atoms with Crippen LogP contribution in [0, 0.1) is 5.82 Å². The summed E-state index contributed by atoms with van der Waals surface area (Å²) in [6.07, 6.45) is -0.826. The van der Waals surface area contributed by atoms with Gasteiger partial charge in [-0.3, -0.25) is 0 Å². The summed E-state index contributed by atoms with van der Waals surface area (Å²) in [6, 6.07) is 2.96. The molecule has 0 bridgehead atoms. The second-order valence-corrected chi connectivity index (χ2v) is 3.54. The van der Waals surface area contributed by atoms with Gasteiger partial charge in [0.2, 0.25) is 0 Å². The molecule has 12 heavy (non-hydrogen) atoms. The van der Waals surface area contributed by atoms with Gasteiger partial charge in [0, 0.05) is 4.47 Å². The summed E-state index contributed by atoms with van der Waals surface area (Å²) in [4.78, 5) is 0. The predicted molar refractivity (Wildman–Crippen MR) is 44.6 cm³/mol. The number of aliphatic hydroxyl groups is 1. The Hall–Kier alpha value is -0.610. The molecule has 1 aromatic carbocycles. The molecule has 0 aliphatic carbocycles. The van der Waals surface area contributed by atoms with Gasteiger partial charge in [-0.25, -0.2) is 4.39 Å². The number of hydrogen-bond donors (Lipinski definition) is 1. The molecule has 1 atom stereocenters. The highest BCUT2D eigenvalue weighted by molar-refractivity contribution is 9.10. The third-order valence-electron chi connectivity index (χ3n) is 1.79. The predicted octanol–water partition coefficient (Wildman–Crippen LogP) is 2.01. The van der Waals surface area contributed by atoms with Gasteiger partial charge in [-0.2, -0.15) is 0 Å². The van der Waals surface area contributed by atoms with Crippen LogP contribution in [0.15, 0.2) is 16.6 Å². The molecule has 0 fully saturated rings. The van der Waals surface area contributed by atoms with E-state index in [1.165, 1.54) is 6.07 Å². The van der Waals surface area contributed by atoms with Gasteiger partial charge >= 0.3 is 0 Å². The molecule has 0 saturated carbocycles. The highest BCUT2D eigenvalue weighted by Crippen LogP contribution is 2.36. The lowest BCUT2D eigenvalue weighted by molar-refractivity contribution is 0.138. The number of halogens is 2. The molecule has 1 aliphatic rings. The second kappa shape index (κ2) is 2.71. The summed E-state index contributed by atoms with van der Waals surface area (Å²) in [7, 11) is 0. The molecular formula is C8H6BrFO2. The van der Waals surface area contributed by atoms with Crippen LogP contribution >= 0.6 is 15.9 Å². The van der Waals surface area contributed by atoms with Crippen molar-refractivity contribution in [3.8, 4) is 5.75 Å². The molecule has 1 N–H and O–H groups in total. The minimum absolute atomic E-state index is 0.142. The average molecular weight is 233 g/mol. The van der Waals surface area contributed by atoms with Crippen molar-refractivity contribution < 1.29 is 14.2 Å². The van der Waals surface area contributed by atoms with Gasteiger partial charge in [-0.15, -0.1) is 0 Å². The van der Waals surface area contributed by atoms with Gasteiger partial charge in [-0.05, 0) is 12.1 Å². The number of rotatable bonds is 0. The van der Waals surface area contributed by atoms with Gasteiger partial charge in [0.1, 0.15) is 24.3 Å². The first-order valence-electron chi connectivity index (χ1n) is 3.48. The van der Waals surface area contributed by atoms with Crippen LogP contribution < -0.4 is 4.74 Å². The molecule has 0 spiro atoms. The van der Waals surface area contributed by atoms with Crippen molar-refractivity contribution in [3.63, 3.8) is 0 Å². The highest BCUT2D eigenvalue weighted by Gasteiger charge is 2.26. The molecule has 0 aromatic heterocycles. The maximum absolute atomic E-state index is 13.1. The molecule has 0 saturated heterocycles. The lowest BCUT2D eigenvalue weighted by Crippen LogP contribution is -1.99. The van der Waals surface area contributed by atoms with Gasteiger partial charge < -0.3 is 9.84 Å². The molecule has 4 heteroatoms. The Labute approximate surface area is 77.1 Å². The minimum Gasteiger partial charge on any atom is -0.490 e. The number of ether oxygens (including phenoxy) is 1. The molecule has 2 rings (SSSR count). The van der Waals surface area contributed by atoms with E-state index in [1.807, 2.05) is 0 Å². The second-order valence-electron chi connectivity index (χ2n) is 2.63. The van der Waals surface area contributed by atoms with E-state index in [-0.39, 0.29) is 12.2 Å². The minimum atomic E-state index is -0.826. The van der Waals surface area contributed by atoms with Crippen LogP contribution in [0.3, 0.4) is 0 Å². The smallest absolute Gasteiger partial charge is 0.133 e. The summed E-state index contributed by atoms with van der Waals surface area (Å²) >= 11 is 3.13. The van der Waals surface area contributed by atoms with Gasteiger partial charge in [-0.1, -0.05) is 15.9 Å². The summed E-state index contributed by atoms with van der Waals surface area (Å²) in [5, 5.41) is 9.27. The summed E-state index contributed by atoms with van der Waals surface area (Å²) in [6.45, 7) is 0.142. The Kier molecular flexibility index (Phi) is 1.81. The fraction of sp³-hybridized carbons (Fsp3) is 0.250. The topological polar surface area (TPSA) is 29.5 Å². The lowest BCUT2D eigenvalue weighted by Gasteiger charge is -2.01. The van der Waals surface area contributed by atoms with Crippen molar-refractivity contribution in [2.24, 2.45) is 0 Å². The summed E-state index contributed by atoms with van der Waals surface area (Å²) < 4.78 is 18.8. The van der Waals surface area contributed by atoms with Gasteiger partial charge in [0.25, 0.3) is 0 Å². The van der Waals surface area contributed by atoms with Gasteiger partial charge in [0.15, 0.2) is 0 Å². The largest absolute Gasteiger partial charge is 0.490 e. The lowest BCUT2D eigenvalue weighted by atomic mass is 10.1. The fourth-order valence-corrected chi connectivity index (χ4v) is 1.66. The SMILES string of the molecule is OC1COc2cc(Br)cc(F)c21. The van der Waals surface area contributed by atoms with Crippen LogP contribution in [0.25, 0.3) is 0 Å². The number of benzene rings is 1. The van der Waals surface area contributed by atoms with E-state index in [1.54, 1.807) is 6.07 Å². The van der Waals surface area contributed by atoms with Crippen molar-refractivity contribution in [2.75, 3.05) is 6.61 Å². The molecule has 1 heterocycles. The van der Waals surface area contributed by atoms with Crippen molar-refractivity contribution >= 4 is 15.9 Å². The Morgan fingerprint density at radius 2 is 2.33 bits per heavy atom. The van der Waals surface area contributed by atoms with Crippen LogP contribution in [0.2, 0.25) is 0 Å². The zero-order chi connectivity index (χ0) is 8.72. The number of aliphatic hydroxyl groups excluding tert-OH is 1. The molecule has 2 nitrogen and oxygen atoms in total. The Bertz CT molecular complexity index is 327. The van der Waals surface area contributed by atoms with Crippen LogP contribution in [0.5, 0.6) is 5.75 Å². The van der Waals surface area contributed by atoms with E-state index in [9.17, 15) is 9.50 Å². The Balaban J connectivity index is 2.60. The maximum Gasteiger partial charge on any atom is 0.133 e. The molecule has 64 valence electrons. The van der Waals surface area contributed by atoms with Crippen LogP contribution in [-0.2, 0) is 0 Å². The number of hydrogen-bond acceptors (Lipinski definition) is 2. The first-order valence-corrected chi connectivity index (χ1v) is 4.27. The van der Waals surface area contributed by atoms with E-state index in [4.69, 9.17) is 4.74 Å². The van der Waals surface area contributed by atoms with Crippen LogP contribution in [-0.4, -0.2) is 11.7 Å². The molecule has 0 radical (unpaired) electrons. The zero-order valence-electron chi connectivity index (χ0n) is 6.05. The van der Waals surface area contributed by atoms with E-state index in [0.29, 0.717) is 10.2 Å². The van der Waals surface area contributed by atoms with E-state index in [2.05, 4.69) is 15.9 Å².